The molecule has 17 heavy (non-hydrogen) atoms. The number of carbonyl (C=O) groups excluding carboxylic acids is 2. The second-order valence-electron chi connectivity index (χ2n) is 4.15. The molecule has 2 aliphatic rings. The Morgan fingerprint density at radius 2 is 2.29 bits per heavy atom. The molecule has 2 rings (SSSR count). The molecule has 0 aromatic carbocycles. The normalized spacial score (nSPS) is 26.8. The Hall–Kier alpha value is -1.35. The summed E-state index contributed by atoms with van der Waals surface area (Å²) in [4.78, 5) is 23.5. The number of allylic oxidation sites excluding steroid dienone is 2. The van der Waals surface area contributed by atoms with Crippen LogP contribution < -0.4 is 5.32 Å². The van der Waals surface area contributed by atoms with Gasteiger partial charge < -0.3 is 5.32 Å². The number of rotatable bonds is 3. The van der Waals surface area contributed by atoms with Crippen molar-refractivity contribution in [3.05, 3.63) is 35.5 Å². The van der Waals surface area contributed by atoms with Crippen LogP contribution in [0.2, 0.25) is 0 Å². The van der Waals surface area contributed by atoms with Gasteiger partial charge in [-0.05, 0) is 18.1 Å². The zero-order valence-electron chi connectivity index (χ0n) is 9.57. The highest BCUT2D eigenvalue weighted by atomic mass is 35.5. The lowest BCUT2D eigenvalue weighted by Crippen LogP contribution is -2.47. The third-order valence-electron chi connectivity index (χ3n) is 3.13. The van der Waals surface area contributed by atoms with Crippen LogP contribution in [0.1, 0.15) is 13.3 Å². The van der Waals surface area contributed by atoms with Crippen molar-refractivity contribution in [1.82, 2.24) is 5.32 Å². The van der Waals surface area contributed by atoms with E-state index in [2.05, 4.69) is 5.32 Å². The first-order valence-corrected chi connectivity index (χ1v) is 6.19. The van der Waals surface area contributed by atoms with Crippen LogP contribution in [0.25, 0.3) is 0 Å². The first kappa shape index (κ1) is 12.1. The quantitative estimate of drug-likeness (QED) is 0.777. The summed E-state index contributed by atoms with van der Waals surface area (Å²) in [6.45, 7) is 1.94. The van der Waals surface area contributed by atoms with E-state index in [1.54, 1.807) is 6.08 Å². The smallest absolute Gasteiger partial charge is 0.247 e. The molecule has 1 aliphatic carbocycles. The van der Waals surface area contributed by atoms with E-state index in [9.17, 15) is 9.59 Å². The molecular formula is C13H14ClNO2. The predicted octanol–water partition coefficient (Wildman–Crippen LogP) is 1.74. The average molecular weight is 252 g/mol. The highest BCUT2D eigenvalue weighted by Gasteiger charge is 2.33. The van der Waals surface area contributed by atoms with E-state index >= 15 is 0 Å². The number of halogens is 1. The molecule has 1 amide bonds. The van der Waals surface area contributed by atoms with Gasteiger partial charge in [-0.2, -0.15) is 0 Å². The summed E-state index contributed by atoms with van der Waals surface area (Å²) in [5, 5.41) is 2.88. The van der Waals surface area contributed by atoms with Gasteiger partial charge in [-0.1, -0.05) is 25.2 Å². The summed E-state index contributed by atoms with van der Waals surface area (Å²) in [5.41, 5.74) is 1.73. The Bertz CT molecular complexity index is 448. The zero-order chi connectivity index (χ0) is 12.4. The monoisotopic (exact) mass is 251 g/mol. The summed E-state index contributed by atoms with van der Waals surface area (Å²) in [7, 11) is 0. The summed E-state index contributed by atoms with van der Waals surface area (Å²) in [6, 6.07) is -0.256. The second kappa shape index (κ2) is 4.88. The number of ketones is 1. The third kappa shape index (κ3) is 2.20. The average Bonchev–Trinajstić information content (AvgIpc) is 2.36. The number of nitrogens with one attached hydrogen (secondary N) is 1. The van der Waals surface area contributed by atoms with Crippen LogP contribution in [0.4, 0.5) is 0 Å². The van der Waals surface area contributed by atoms with Gasteiger partial charge in [0.05, 0.1) is 17.8 Å². The van der Waals surface area contributed by atoms with Crippen LogP contribution in [0.3, 0.4) is 0 Å². The molecule has 1 aliphatic heterocycles. The fourth-order valence-corrected chi connectivity index (χ4v) is 2.34. The summed E-state index contributed by atoms with van der Waals surface area (Å²) >= 11 is 5.58. The molecule has 0 bridgehead atoms. The van der Waals surface area contributed by atoms with Crippen molar-refractivity contribution in [2.24, 2.45) is 5.92 Å². The van der Waals surface area contributed by atoms with E-state index in [-0.39, 0.29) is 29.5 Å². The lowest BCUT2D eigenvalue weighted by molar-refractivity contribution is -0.121. The van der Waals surface area contributed by atoms with Gasteiger partial charge in [0.1, 0.15) is 0 Å². The van der Waals surface area contributed by atoms with Crippen LogP contribution in [0.15, 0.2) is 35.5 Å². The van der Waals surface area contributed by atoms with Crippen LogP contribution >= 0.6 is 11.6 Å². The van der Waals surface area contributed by atoms with E-state index in [1.165, 1.54) is 0 Å². The zero-order valence-corrected chi connectivity index (χ0v) is 10.3. The first-order valence-electron chi connectivity index (χ1n) is 5.66. The van der Waals surface area contributed by atoms with Crippen molar-refractivity contribution in [3.63, 3.8) is 0 Å². The second-order valence-corrected chi connectivity index (χ2v) is 4.42. The number of hydrogen-bond acceptors (Lipinski definition) is 2. The highest BCUT2D eigenvalue weighted by Crippen LogP contribution is 2.27. The molecule has 0 aromatic rings. The molecule has 90 valence electrons. The molecule has 3 nitrogen and oxygen atoms in total. The van der Waals surface area contributed by atoms with Gasteiger partial charge in [0.15, 0.2) is 5.78 Å². The Morgan fingerprint density at radius 3 is 2.94 bits per heavy atom. The van der Waals surface area contributed by atoms with Gasteiger partial charge in [0.25, 0.3) is 0 Å². The molecule has 0 saturated heterocycles. The van der Waals surface area contributed by atoms with Crippen molar-refractivity contribution in [3.8, 4) is 0 Å². The van der Waals surface area contributed by atoms with Crippen molar-refractivity contribution in [2.75, 3.05) is 5.88 Å². The Labute approximate surface area is 105 Å². The minimum Gasteiger partial charge on any atom is -0.344 e. The van der Waals surface area contributed by atoms with Gasteiger partial charge >= 0.3 is 0 Å². The van der Waals surface area contributed by atoms with Crippen LogP contribution in [0, 0.1) is 5.92 Å². The maximum Gasteiger partial charge on any atom is 0.247 e. The molecule has 2 unspecified atom stereocenters. The van der Waals surface area contributed by atoms with Gasteiger partial charge in [0.2, 0.25) is 5.91 Å². The molecular weight excluding hydrogens is 238 g/mol. The molecule has 1 N–H and O–H groups in total. The van der Waals surface area contributed by atoms with Gasteiger partial charge in [-0.3, -0.25) is 9.59 Å². The summed E-state index contributed by atoms with van der Waals surface area (Å²) < 4.78 is 0. The first-order chi connectivity index (χ1) is 8.17. The van der Waals surface area contributed by atoms with Crippen LogP contribution in [-0.4, -0.2) is 23.6 Å². The van der Waals surface area contributed by atoms with E-state index in [0.717, 1.165) is 11.1 Å². The molecule has 2 atom stereocenters. The number of alkyl halides is 1. The van der Waals surface area contributed by atoms with Gasteiger partial charge in [0, 0.05) is 5.57 Å². The summed E-state index contributed by atoms with van der Waals surface area (Å²) in [6.07, 6.45) is 8.14. The van der Waals surface area contributed by atoms with Gasteiger partial charge in [-0.15, -0.1) is 11.6 Å². The number of amides is 1. The third-order valence-corrected chi connectivity index (χ3v) is 3.39. The number of Topliss-reactive ketones (excluding diaryl/α,β-unsaturated/α-hetero) is 1. The number of hydrogen-bond donors (Lipinski definition) is 1. The molecule has 4 heteroatoms. The minimum atomic E-state index is -0.342. The van der Waals surface area contributed by atoms with E-state index in [1.807, 2.05) is 25.2 Å². The Kier molecular flexibility index (Phi) is 3.48. The van der Waals surface area contributed by atoms with E-state index in [0.29, 0.717) is 6.42 Å². The maximum atomic E-state index is 11.8. The van der Waals surface area contributed by atoms with Crippen molar-refractivity contribution < 1.29 is 9.59 Å². The molecule has 1 heterocycles. The minimum absolute atomic E-state index is 0.0288. The highest BCUT2D eigenvalue weighted by molar-refractivity contribution is 6.28. The Balaban J connectivity index is 2.32. The molecule has 0 aromatic heterocycles. The van der Waals surface area contributed by atoms with Gasteiger partial charge in [-0.25, -0.2) is 0 Å². The molecule has 0 fully saturated rings. The molecule has 0 spiro atoms. The Morgan fingerprint density at radius 1 is 1.53 bits per heavy atom. The van der Waals surface area contributed by atoms with E-state index < -0.39 is 0 Å². The van der Waals surface area contributed by atoms with Crippen molar-refractivity contribution in [2.45, 2.75) is 19.4 Å². The van der Waals surface area contributed by atoms with Crippen LogP contribution in [-0.2, 0) is 9.59 Å². The fourth-order valence-electron chi connectivity index (χ4n) is 2.17. The standard InChI is InChI=1S/C13H14ClNO2/c1-2-8-6-9-4-3-5-10(11(16)7-14)12(9)15-13(8)17/h3-6,10,12H,2,7H2,1H3,(H,15,17). The fraction of sp³-hybridized carbons (Fsp3) is 0.385. The van der Waals surface area contributed by atoms with E-state index in [4.69, 9.17) is 11.6 Å². The van der Waals surface area contributed by atoms with Crippen molar-refractivity contribution >= 4 is 23.3 Å². The largest absolute Gasteiger partial charge is 0.344 e. The predicted molar refractivity (Wildman–Crippen MR) is 66.7 cm³/mol. The number of carbonyl (C=O) groups is 2. The SMILES string of the molecule is CCC1=CC2=CC=CC(C(=O)CCl)C2NC1=O. The lowest BCUT2D eigenvalue weighted by Gasteiger charge is -2.31. The lowest BCUT2D eigenvalue weighted by atomic mass is 9.82. The van der Waals surface area contributed by atoms with Crippen molar-refractivity contribution in [1.29, 1.82) is 0 Å². The maximum absolute atomic E-state index is 11.8. The molecule has 0 saturated carbocycles. The van der Waals surface area contributed by atoms with Crippen LogP contribution in [0.5, 0.6) is 0 Å². The topological polar surface area (TPSA) is 46.2 Å². The molecule has 0 radical (unpaired) electrons. The number of fused-ring (bicyclic) bond motifs is 1. The summed E-state index contributed by atoms with van der Waals surface area (Å²) in [5.74, 6) is -0.519.